The molecule has 0 aliphatic rings. The van der Waals surface area contributed by atoms with Crippen LogP contribution in [-0.2, 0) is 0 Å². The second-order valence-corrected chi connectivity index (χ2v) is 8.08. The van der Waals surface area contributed by atoms with Gasteiger partial charge in [-0.1, -0.05) is 18.2 Å². The van der Waals surface area contributed by atoms with Crippen molar-refractivity contribution in [3.05, 3.63) is 54.2 Å². The molecule has 0 radical (unpaired) electrons. The van der Waals surface area contributed by atoms with Crippen LogP contribution in [0.15, 0.2) is 48.5 Å². The van der Waals surface area contributed by atoms with Gasteiger partial charge in [-0.15, -0.1) is 0 Å². The first kappa shape index (κ1) is 21.6. The predicted molar refractivity (Wildman–Crippen MR) is 127 cm³/mol. The number of rotatable bonds is 8. The summed E-state index contributed by atoms with van der Waals surface area (Å²) in [5.41, 5.74) is 3.62. The molecule has 2 aromatic carbocycles. The van der Waals surface area contributed by atoms with Crippen LogP contribution >= 0.6 is 0 Å². The maximum Gasteiger partial charge on any atom is 0.269 e. The zero-order valence-electron chi connectivity index (χ0n) is 18.9. The first-order chi connectivity index (χ1) is 15.5. The molecule has 1 amide bonds. The van der Waals surface area contributed by atoms with Crippen molar-refractivity contribution in [1.82, 2.24) is 15.3 Å². The fourth-order valence-corrected chi connectivity index (χ4v) is 3.89. The molecule has 7 nitrogen and oxygen atoms in total. The van der Waals surface area contributed by atoms with Crippen molar-refractivity contribution in [3.8, 4) is 22.8 Å². The first-order valence-corrected chi connectivity index (χ1v) is 10.7. The van der Waals surface area contributed by atoms with E-state index in [0.29, 0.717) is 29.4 Å². The van der Waals surface area contributed by atoms with Gasteiger partial charge in [0.05, 0.1) is 46.1 Å². The molecule has 166 valence electrons. The summed E-state index contributed by atoms with van der Waals surface area (Å²) in [7, 11) is 7.44. The third-order valence-corrected chi connectivity index (χ3v) is 5.53. The van der Waals surface area contributed by atoms with Crippen molar-refractivity contribution in [2.75, 3.05) is 41.4 Å². The van der Waals surface area contributed by atoms with E-state index in [0.717, 1.165) is 40.3 Å². The number of ether oxygens (including phenoxy) is 2. The zero-order chi connectivity index (χ0) is 22.7. The number of carbonyl (C=O) groups excluding carboxylic acids is 1. The van der Waals surface area contributed by atoms with Gasteiger partial charge < -0.3 is 24.7 Å². The number of carbonyl (C=O) groups is 1. The average molecular weight is 434 g/mol. The lowest BCUT2D eigenvalue weighted by Crippen LogP contribution is -3.05. The van der Waals surface area contributed by atoms with Crippen LogP contribution in [-0.4, -0.2) is 57.3 Å². The van der Waals surface area contributed by atoms with Gasteiger partial charge in [0.15, 0.2) is 0 Å². The van der Waals surface area contributed by atoms with Gasteiger partial charge in [0.2, 0.25) is 0 Å². The van der Waals surface area contributed by atoms with E-state index in [1.54, 1.807) is 14.2 Å². The highest BCUT2D eigenvalue weighted by atomic mass is 16.5. The van der Waals surface area contributed by atoms with E-state index in [4.69, 9.17) is 14.5 Å². The maximum atomic E-state index is 13.0. The van der Waals surface area contributed by atoms with E-state index >= 15 is 0 Å². The zero-order valence-corrected chi connectivity index (χ0v) is 18.9. The Morgan fingerprint density at radius 2 is 1.88 bits per heavy atom. The molecule has 0 unspecified atom stereocenters. The average Bonchev–Trinajstić information content (AvgIpc) is 3.19. The number of hydrogen-bond acceptors (Lipinski definition) is 4. The normalized spacial score (nSPS) is 11.3. The summed E-state index contributed by atoms with van der Waals surface area (Å²) >= 11 is 0. The van der Waals surface area contributed by atoms with Crippen molar-refractivity contribution in [3.63, 3.8) is 0 Å². The molecule has 7 heteroatoms. The van der Waals surface area contributed by atoms with Crippen LogP contribution in [0.2, 0.25) is 0 Å². The van der Waals surface area contributed by atoms with Gasteiger partial charge in [0.1, 0.15) is 17.2 Å². The summed E-state index contributed by atoms with van der Waals surface area (Å²) in [5, 5.41) is 4.99. The number of hydrogen-bond donors (Lipinski definition) is 3. The number of aromatic nitrogens is 2. The fourth-order valence-electron chi connectivity index (χ4n) is 3.89. The molecule has 4 rings (SSSR count). The lowest BCUT2D eigenvalue weighted by molar-refractivity contribution is -0.858. The van der Waals surface area contributed by atoms with Gasteiger partial charge >= 0.3 is 0 Å². The molecular weight excluding hydrogens is 404 g/mol. The van der Waals surface area contributed by atoms with Crippen LogP contribution in [0.1, 0.15) is 16.9 Å². The molecule has 0 saturated heterocycles. The number of amides is 1. The maximum absolute atomic E-state index is 13.0. The van der Waals surface area contributed by atoms with Crippen LogP contribution in [0.5, 0.6) is 11.5 Å². The lowest BCUT2D eigenvalue weighted by Gasteiger charge is -2.13. The molecule has 4 aromatic rings. The van der Waals surface area contributed by atoms with Gasteiger partial charge in [0, 0.05) is 34.8 Å². The number of methoxy groups -OCH3 is 2. The number of fused-ring (bicyclic) bond motifs is 3. The van der Waals surface area contributed by atoms with Crippen LogP contribution in [0.3, 0.4) is 0 Å². The van der Waals surface area contributed by atoms with Crippen molar-refractivity contribution in [1.29, 1.82) is 0 Å². The van der Waals surface area contributed by atoms with Crippen LogP contribution < -0.4 is 19.7 Å². The summed E-state index contributed by atoms with van der Waals surface area (Å²) in [4.78, 5) is 22.6. The molecular formula is C25H29N4O3+. The molecule has 0 saturated carbocycles. The van der Waals surface area contributed by atoms with Crippen LogP contribution in [0.4, 0.5) is 0 Å². The minimum atomic E-state index is -0.186. The van der Waals surface area contributed by atoms with E-state index in [1.165, 1.54) is 4.90 Å². The number of pyridine rings is 1. The van der Waals surface area contributed by atoms with Crippen LogP contribution in [0, 0.1) is 0 Å². The molecule has 0 spiro atoms. The molecule has 32 heavy (non-hydrogen) atoms. The van der Waals surface area contributed by atoms with Crippen molar-refractivity contribution < 1.29 is 19.2 Å². The first-order valence-electron chi connectivity index (χ1n) is 10.7. The molecule has 0 aliphatic carbocycles. The van der Waals surface area contributed by atoms with Crippen molar-refractivity contribution in [2.45, 2.75) is 6.42 Å². The Kier molecular flexibility index (Phi) is 6.28. The van der Waals surface area contributed by atoms with Crippen molar-refractivity contribution >= 4 is 27.7 Å². The van der Waals surface area contributed by atoms with Gasteiger partial charge in [-0.05, 0) is 30.3 Å². The SMILES string of the molecule is COc1ccc(OC)c(-c2nc(C(=O)NCCC[NH+](C)C)cc3c2[nH]c2ccccc23)c1. The Labute approximate surface area is 187 Å². The Morgan fingerprint density at radius 1 is 1.06 bits per heavy atom. The minimum absolute atomic E-state index is 0.186. The Balaban J connectivity index is 1.85. The number of benzene rings is 2. The van der Waals surface area contributed by atoms with E-state index in [2.05, 4.69) is 24.4 Å². The lowest BCUT2D eigenvalue weighted by atomic mass is 10.0. The number of para-hydroxylation sites is 1. The quantitative estimate of drug-likeness (QED) is 0.373. The third kappa shape index (κ3) is 4.24. The van der Waals surface area contributed by atoms with E-state index in [9.17, 15) is 4.79 Å². The highest BCUT2D eigenvalue weighted by Crippen LogP contribution is 2.38. The topological polar surface area (TPSA) is 80.7 Å². The number of nitrogens with zero attached hydrogens (tertiary/aromatic N) is 1. The second-order valence-electron chi connectivity index (χ2n) is 8.08. The third-order valence-electron chi connectivity index (χ3n) is 5.53. The largest absolute Gasteiger partial charge is 0.497 e. The fraction of sp³-hybridized carbons (Fsp3) is 0.280. The monoisotopic (exact) mass is 433 g/mol. The molecule has 2 heterocycles. The van der Waals surface area contributed by atoms with E-state index in [1.807, 2.05) is 48.5 Å². The Bertz CT molecular complexity index is 1260. The van der Waals surface area contributed by atoms with Gasteiger partial charge in [-0.2, -0.15) is 0 Å². The molecule has 0 bridgehead atoms. The van der Waals surface area contributed by atoms with Crippen molar-refractivity contribution in [2.24, 2.45) is 0 Å². The molecule has 0 aliphatic heterocycles. The molecule has 2 aromatic heterocycles. The Morgan fingerprint density at radius 3 is 2.62 bits per heavy atom. The number of H-pyrrole nitrogens is 1. The predicted octanol–water partition coefficient (Wildman–Crippen LogP) is 2.66. The number of quaternary nitrogens is 1. The smallest absolute Gasteiger partial charge is 0.269 e. The number of nitrogens with one attached hydrogen (secondary N) is 3. The summed E-state index contributed by atoms with van der Waals surface area (Å²) in [5.74, 6) is 1.16. The molecule has 3 N–H and O–H groups in total. The van der Waals surface area contributed by atoms with Gasteiger partial charge in [-0.3, -0.25) is 4.79 Å². The van der Waals surface area contributed by atoms with Crippen LogP contribution in [0.25, 0.3) is 33.1 Å². The van der Waals surface area contributed by atoms with E-state index < -0.39 is 0 Å². The second kappa shape index (κ2) is 9.28. The summed E-state index contributed by atoms with van der Waals surface area (Å²) in [6.07, 6.45) is 0.903. The Hall–Kier alpha value is -3.58. The summed E-state index contributed by atoms with van der Waals surface area (Å²) < 4.78 is 11.0. The number of aromatic amines is 1. The standard InChI is InChI=1S/C25H28N4O3/c1-29(2)13-7-12-26-25(30)21-15-18-17-8-5-6-9-20(17)27-23(18)24(28-21)19-14-16(31-3)10-11-22(19)32-4/h5-6,8-11,14-15,27H,7,12-13H2,1-4H3,(H,26,30)/p+1. The van der Waals surface area contributed by atoms with E-state index in [-0.39, 0.29) is 5.91 Å². The highest BCUT2D eigenvalue weighted by molar-refractivity contribution is 6.13. The van der Waals surface area contributed by atoms with Gasteiger partial charge in [-0.25, -0.2) is 4.98 Å². The van der Waals surface area contributed by atoms with Gasteiger partial charge in [0.25, 0.3) is 5.91 Å². The molecule has 0 fully saturated rings. The minimum Gasteiger partial charge on any atom is -0.497 e. The molecule has 0 atom stereocenters. The summed E-state index contributed by atoms with van der Waals surface area (Å²) in [6, 6.07) is 15.5. The highest BCUT2D eigenvalue weighted by Gasteiger charge is 2.19. The summed E-state index contributed by atoms with van der Waals surface area (Å²) in [6.45, 7) is 1.59.